The number of hydrogen-bond acceptors (Lipinski definition) is 6. The van der Waals surface area contributed by atoms with Crippen molar-refractivity contribution in [2.45, 2.75) is 24.2 Å². The van der Waals surface area contributed by atoms with Crippen LogP contribution in [0, 0.1) is 15.5 Å². The lowest BCUT2D eigenvalue weighted by atomic mass is 9.78. The van der Waals surface area contributed by atoms with Gasteiger partial charge in [-0.05, 0) is 43.8 Å². The van der Waals surface area contributed by atoms with Crippen LogP contribution in [0.25, 0.3) is 0 Å². The summed E-state index contributed by atoms with van der Waals surface area (Å²) in [6.45, 7) is 2.69. The van der Waals surface area contributed by atoms with E-state index in [9.17, 15) is 18.5 Å². The van der Waals surface area contributed by atoms with Crippen LogP contribution in [-0.2, 0) is 10.0 Å². The second kappa shape index (κ2) is 7.45. The summed E-state index contributed by atoms with van der Waals surface area (Å²) in [6, 6.07) is 3.67. The number of piperidine rings is 1. The molecule has 1 aromatic carbocycles. The van der Waals surface area contributed by atoms with Gasteiger partial charge in [-0.3, -0.25) is 10.1 Å². The van der Waals surface area contributed by atoms with Crippen molar-refractivity contribution >= 4 is 28.1 Å². The first-order chi connectivity index (χ1) is 11.4. The molecular formula is C15H22ClN3O5S. The SMILES string of the molecule is COc1ccc([N+](=O)[O-])cc1S(=O)(=O)N1CCC2(CCNCC2)C1.Cl. The molecule has 140 valence electrons. The third-order valence-corrected chi connectivity index (χ3v) is 6.91. The topological polar surface area (TPSA) is 102 Å². The maximum Gasteiger partial charge on any atom is 0.271 e. The van der Waals surface area contributed by atoms with E-state index in [0.29, 0.717) is 13.1 Å². The van der Waals surface area contributed by atoms with Crippen LogP contribution in [0.15, 0.2) is 23.1 Å². The fourth-order valence-corrected chi connectivity index (χ4v) is 5.31. The molecule has 0 aliphatic carbocycles. The lowest BCUT2D eigenvalue weighted by Gasteiger charge is -2.33. The summed E-state index contributed by atoms with van der Waals surface area (Å²) >= 11 is 0. The largest absolute Gasteiger partial charge is 0.495 e. The Morgan fingerprint density at radius 3 is 2.56 bits per heavy atom. The number of nitro benzene ring substituents is 1. The summed E-state index contributed by atoms with van der Waals surface area (Å²) < 4.78 is 32.6. The standard InChI is InChI=1S/C15H21N3O5S.ClH/c1-23-13-3-2-12(18(19)20)10-14(13)24(21,22)17-9-6-15(11-17)4-7-16-8-5-15;/h2-3,10,16H,4-9,11H2,1H3;1H. The molecule has 8 nitrogen and oxygen atoms in total. The van der Waals surface area contributed by atoms with Crippen molar-refractivity contribution in [3.8, 4) is 5.75 Å². The fourth-order valence-electron chi connectivity index (χ4n) is 3.58. The van der Waals surface area contributed by atoms with E-state index in [1.807, 2.05) is 0 Å². The first-order valence-corrected chi connectivity index (χ1v) is 9.35. The molecule has 0 amide bonds. The molecule has 0 saturated carbocycles. The fraction of sp³-hybridized carbons (Fsp3) is 0.600. The van der Waals surface area contributed by atoms with E-state index in [0.717, 1.165) is 38.4 Å². The van der Waals surface area contributed by atoms with Crippen LogP contribution >= 0.6 is 12.4 Å². The molecule has 1 aromatic rings. The van der Waals surface area contributed by atoms with Gasteiger partial charge in [0.1, 0.15) is 10.6 Å². The Hall–Kier alpha value is -1.42. The predicted octanol–water partition coefficient (Wildman–Crippen LogP) is 1.79. The zero-order chi connectivity index (χ0) is 17.4. The number of methoxy groups -OCH3 is 1. The number of nitrogens with zero attached hydrogens (tertiary/aromatic N) is 2. The Kier molecular flexibility index (Phi) is 5.93. The van der Waals surface area contributed by atoms with Crippen LogP contribution in [-0.4, -0.2) is 50.9 Å². The molecule has 0 radical (unpaired) electrons. The molecule has 2 aliphatic heterocycles. The molecule has 10 heteroatoms. The van der Waals surface area contributed by atoms with Gasteiger partial charge in [0.15, 0.2) is 0 Å². The molecule has 0 atom stereocenters. The Balaban J connectivity index is 0.00000225. The summed E-state index contributed by atoms with van der Waals surface area (Å²) in [4.78, 5) is 10.3. The number of non-ortho nitro benzene ring substituents is 1. The van der Waals surface area contributed by atoms with E-state index in [-0.39, 0.29) is 34.2 Å². The Morgan fingerprint density at radius 2 is 1.96 bits per heavy atom. The van der Waals surface area contributed by atoms with E-state index < -0.39 is 14.9 Å². The van der Waals surface area contributed by atoms with Crippen molar-refractivity contribution in [1.29, 1.82) is 0 Å². The minimum atomic E-state index is -3.83. The summed E-state index contributed by atoms with van der Waals surface area (Å²) in [6.07, 6.45) is 2.72. The smallest absolute Gasteiger partial charge is 0.271 e. The third kappa shape index (κ3) is 3.74. The van der Waals surface area contributed by atoms with Crippen molar-refractivity contribution in [3.63, 3.8) is 0 Å². The molecule has 25 heavy (non-hydrogen) atoms. The van der Waals surface area contributed by atoms with E-state index in [1.165, 1.54) is 23.5 Å². The maximum atomic E-state index is 13.0. The molecule has 1 spiro atoms. The van der Waals surface area contributed by atoms with E-state index in [2.05, 4.69) is 5.32 Å². The van der Waals surface area contributed by atoms with Gasteiger partial charge in [-0.15, -0.1) is 12.4 Å². The molecule has 0 bridgehead atoms. The monoisotopic (exact) mass is 391 g/mol. The van der Waals surface area contributed by atoms with Crippen molar-refractivity contribution < 1.29 is 18.1 Å². The highest BCUT2D eigenvalue weighted by atomic mass is 35.5. The number of halogens is 1. The minimum Gasteiger partial charge on any atom is -0.495 e. The predicted molar refractivity (Wildman–Crippen MR) is 94.8 cm³/mol. The van der Waals surface area contributed by atoms with Crippen molar-refractivity contribution in [2.24, 2.45) is 5.41 Å². The minimum absolute atomic E-state index is 0. The van der Waals surface area contributed by atoms with Crippen LogP contribution in [0.5, 0.6) is 5.75 Å². The van der Waals surface area contributed by atoms with Gasteiger partial charge >= 0.3 is 0 Å². The van der Waals surface area contributed by atoms with Gasteiger partial charge in [0.2, 0.25) is 10.0 Å². The molecular weight excluding hydrogens is 370 g/mol. The lowest BCUT2D eigenvalue weighted by Crippen LogP contribution is -2.39. The molecule has 3 rings (SSSR count). The number of hydrogen-bond donors (Lipinski definition) is 1. The van der Waals surface area contributed by atoms with Crippen LogP contribution in [0.2, 0.25) is 0 Å². The van der Waals surface area contributed by atoms with Crippen LogP contribution < -0.4 is 10.1 Å². The Morgan fingerprint density at radius 1 is 1.28 bits per heavy atom. The molecule has 2 aliphatic rings. The average Bonchev–Trinajstić information content (AvgIpc) is 2.99. The van der Waals surface area contributed by atoms with Gasteiger partial charge in [0.25, 0.3) is 5.69 Å². The van der Waals surface area contributed by atoms with Crippen LogP contribution in [0.4, 0.5) is 5.69 Å². The van der Waals surface area contributed by atoms with E-state index >= 15 is 0 Å². The van der Waals surface area contributed by atoms with Gasteiger partial charge in [0, 0.05) is 25.2 Å². The van der Waals surface area contributed by atoms with Crippen molar-refractivity contribution in [1.82, 2.24) is 9.62 Å². The molecule has 0 aromatic heterocycles. The molecule has 0 unspecified atom stereocenters. The molecule has 2 saturated heterocycles. The Labute approximate surface area is 153 Å². The zero-order valence-electron chi connectivity index (χ0n) is 13.9. The molecule has 2 heterocycles. The summed E-state index contributed by atoms with van der Waals surface area (Å²) in [5.41, 5.74) is -0.239. The number of benzene rings is 1. The van der Waals surface area contributed by atoms with Crippen LogP contribution in [0.3, 0.4) is 0 Å². The summed E-state index contributed by atoms with van der Waals surface area (Å²) in [5, 5.41) is 14.3. The highest BCUT2D eigenvalue weighted by molar-refractivity contribution is 7.89. The van der Waals surface area contributed by atoms with E-state index in [1.54, 1.807) is 0 Å². The Bertz CT molecular complexity index is 750. The summed E-state index contributed by atoms with van der Waals surface area (Å²) in [5.74, 6) is 0.131. The van der Waals surface area contributed by atoms with Crippen LogP contribution in [0.1, 0.15) is 19.3 Å². The number of sulfonamides is 1. The van der Waals surface area contributed by atoms with Gasteiger partial charge in [-0.2, -0.15) is 4.31 Å². The highest BCUT2D eigenvalue weighted by Gasteiger charge is 2.44. The number of ether oxygens (including phenoxy) is 1. The number of rotatable bonds is 4. The molecule has 1 N–H and O–H groups in total. The van der Waals surface area contributed by atoms with Gasteiger partial charge in [0.05, 0.1) is 12.0 Å². The lowest BCUT2D eigenvalue weighted by molar-refractivity contribution is -0.385. The quantitative estimate of drug-likeness (QED) is 0.620. The molecule has 2 fully saturated rings. The van der Waals surface area contributed by atoms with Gasteiger partial charge in [-0.25, -0.2) is 8.42 Å². The normalized spacial score (nSPS) is 20.2. The first-order valence-electron chi connectivity index (χ1n) is 7.91. The highest BCUT2D eigenvalue weighted by Crippen LogP contribution is 2.42. The third-order valence-electron chi connectivity index (χ3n) is 5.04. The maximum absolute atomic E-state index is 13.0. The van der Waals surface area contributed by atoms with Crippen molar-refractivity contribution in [2.75, 3.05) is 33.3 Å². The first kappa shape index (κ1) is 19.9. The zero-order valence-corrected chi connectivity index (χ0v) is 15.6. The second-order valence-corrected chi connectivity index (χ2v) is 8.34. The average molecular weight is 392 g/mol. The van der Waals surface area contributed by atoms with Gasteiger partial charge in [-0.1, -0.05) is 0 Å². The number of nitro groups is 1. The summed E-state index contributed by atoms with van der Waals surface area (Å²) in [7, 11) is -2.47. The number of nitrogens with one attached hydrogen (secondary N) is 1. The van der Waals surface area contributed by atoms with Crippen molar-refractivity contribution in [3.05, 3.63) is 28.3 Å². The second-order valence-electron chi connectivity index (χ2n) is 6.43. The van der Waals surface area contributed by atoms with Gasteiger partial charge < -0.3 is 10.1 Å². The van der Waals surface area contributed by atoms with E-state index in [4.69, 9.17) is 4.74 Å².